The molecule has 3 rings (SSSR count). The van der Waals surface area contributed by atoms with Gasteiger partial charge in [-0.1, -0.05) is 24.3 Å². The smallest absolute Gasteiger partial charge is 0.308 e. The normalized spacial score (nSPS) is 17.9. The number of carbonyl (C=O) groups is 2. The van der Waals surface area contributed by atoms with E-state index in [2.05, 4.69) is 27.3 Å². The van der Waals surface area contributed by atoms with Gasteiger partial charge in [0, 0.05) is 46.2 Å². The first-order valence-corrected chi connectivity index (χ1v) is 10.0. The average molecular weight is 514 g/mol. The van der Waals surface area contributed by atoms with E-state index in [0.717, 1.165) is 44.9 Å². The van der Waals surface area contributed by atoms with Crippen LogP contribution >= 0.6 is 24.0 Å². The van der Waals surface area contributed by atoms with Crippen molar-refractivity contribution in [2.24, 2.45) is 10.9 Å². The number of hydrogen-bond acceptors (Lipinski definition) is 4. The van der Waals surface area contributed by atoms with Crippen LogP contribution in [0.1, 0.15) is 36.8 Å². The Kier molecular flexibility index (Phi) is 9.19. The number of halogens is 1. The predicted octanol–water partition coefficient (Wildman–Crippen LogP) is 2.39. The van der Waals surface area contributed by atoms with E-state index in [0.29, 0.717) is 19.5 Å². The molecule has 0 atom stereocenters. The third-order valence-electron chi connectivity index (χ3n) is 5.63. The van der Waals surface area contributed by atoms with E-state index in [4.69, 9.17) is 4.74 Å². The van der Waals surface area contributed by atoms with Gasteiger partial charge in [-0.2, -0.15) is 0 Å². The van der Waals surface area contributed by atoms with E-state index in [9.17, 15) is 9.59 Å². The van der Waals surface area contributed by atoms with Gasteiger partial charge >= 0.3 is 5.97 Å². The second-order valence-corrected chi connectivity index (χ2v) is 7.37. The first-order valence-electron chi connectivity index (χ1n) is 10.0. The molecule has 1 N–H and O–H groups in total. The van der Waals surface area contributed by atoms with Crippen LogP contribution in [0.4, 0.5) is 0 Å². The van der Waals surface area contributed by atoms with Crippen LogP contribution in [0.5, 0.6) is 0 Å². The highest BCUT2D eigenvalue weighted by atomic mass is 127. The maximum absolute atomic E-state index is 12.0. The lowest BCUT2D eigenvalue weighted by molar-refractivity contribution is -0.146. The van der Waals surface area contributed by atoms with Gasteiger partial charge in [0.2, 0.25) is 5.91 Å². The molecule has 0 bridgehead atoms. The minimum absolute atomic E-state index is 0. The van der Waals surface area contributed by atoms with Crippen molar-refractivity contribution in [1.82, 2.24) is 15.1 Å². The van der Waals surface area contributed by atoms with Crippen LogP contribution in [0, 0.1) is 5.92 Å². The lowest BCUT2D eigenvalue weighted by Gasteiger charge is -2.33. The highest BCUT2D eigenvalue weighted by molar-refractivity contribution is 14.0. The van der Waals surface area contributed by atoms with Crippen LogP contribution < -0.4 is 5.32 Å². The van der Waals surface area contributed by atoms with Crippen molar-refractivity contribution in [2.75, 3.05) is 33.8 Å². The molecule has 1 aromatic rings. The Morgan fingerprint density at radius 2 is 1.90 bits per heavy atom. The zero-order chi connectivity index (χ0) is 19.9. The Morgan fingerprint density at radius 1 is 1.21 bits per heavy atom. The summed E-state index contributed by atoms with van der Waals surface area (Å²) < 4.78 is 4.86. The van der Waals surface area contributed by atoms with Gasteiger partial charge in [-0.25, -0.2) is 0 Å². The summed E-state index contributed by atoms with van der Waals surface area (Å²) in [4.78, 5) is 32.2. The topological polar surface area (TPSA) is 74.2 Å². The Balaban J connectivity index is 0.00000300. The summed E-state index contributed by atoms with van der Waals surface area (Å²) in [5.74, 6) is 0.952. The van der Waals surface area contributed by atoms with Crippen molar-refractivity contribution in [3.8, 4) is 0 Å². The number of methoxy groups -OCH3 is 1. The molecule has 29 heavy (non-hydrogen) atoms. The Labute approximate surface area is 189 Å². The number of nitrogens with zero attached hydrogens (tertiary/aromatic N) is 3. The number of carbonyl (C=O) groups excluding carboxylic acids is 2. The van der Waals surface area contributed by atoms with E-state index in [1.807, 2.05) is 17.0 Å². The molecule has 0 aliphatic carbocycles. The number of aliphatic imine (C=N–C) groups is 1. The number of likely N-dealkylation sites (tertiary alicyclic amines) is 2. The molecule has 2 aliphatic rings. The number of esters is 1. The monoisotopic (exact) mass is 514 g/mol. The molecule has 2 fully saturated rings. The summed E-state index contributed by atoms with van der Waals surface area (Å²) in [7, 11) is 3.23. The maximum Gasteiger partial charge on any atom is 0.308 e. The number of nitrogens with one attached hydrogen (secondary N) is 1. The zero-order valence-corrected chi connectivity index (χ0v) is 19.6. The SMILES string of the molecule is CN=C(NCc1ccccc1CN1CCCC1=O)N1CCC(C(=O)OC)CC1.I. The molecular formula is C21H31IN4O3. The van der Waals surface area contributed by atoms with Crippen molar-refractivity contribution in [3.05, 3.63) is 35.4 Å². The van der Waals surface area contributed by atoms with Gasteiger partial charge in [0.15, 0.2) is 5.96 Å². The van der Waals surface area contributed by atoms with E-state index in [1.54, 1.807) is 7.05 Å². The number of guanidine groups is 1. The molecule has 0 aromatic heterocycles. The summed E-state index contributed by atoms with van der Waals surface area (Å²) in [6, 6.07) is 8.23. The standard InChI is InChI=1S/C21H30N4O3.HI/c1-22-21(24-12-9-16(10-13-24)20(27)28-2)23-14-17-6-3-4-7-18(17)15-25-11-5-8-19(25)26;/h3-4,6-7,16H,5,8-15H2,1-2H3,(H,22,23);1H. The fourth-order valence-electron chi connectivity index (χ4n) is 3.96. The zero-order valence-electron chi connectivity index (χ0n) is 17.2. The largest absolute Gasteiger partial charge is 0.469 e. The molecule has 2 aliphatic heterocycles. The van der Waals surface area contributed by atoms with Crippen molar-refractivity contribution < 1.29 is 14.3 Å². The third-order valence-corrected chi connectivity index (χ3v) is 5.63. The Hall–Kier alpha value is -1.84. The lowest BCUT2D eigenvalue weighted by atomic mass is 9.97. The maximum atomic E-state index is 12.0. The van der Waals surface area contributed by atoms with Crippen LogP contribution in [0.15, 0.2) is 29.3 Å². The van der Waals surface area contributed by atoms with Crippen LogP contribution in [-0.2, 0) is 27.4 Å². The average Bonchev–Trinajstić information content (AvgIpc) is 3.14. The number of benzene rings is 1. The van der Waals surface area contributed by atoms with Crippen LogP contribution in [0.2, 0.25) is 0 Å². The fourth-order valence-corrected chi connectivity index (χ4v) is 3.96. The van der Waals surface area contributed by atoms with Gasteiger partial charge < -0.3 is 19.9 Å². The van der Waals surface area contributed by atoms with E-state index in [-0.39, 0.29) is 41.8 Å². The molecule has 2 saturated heterocycles. The molecule has 2 heterocycles. The van der Waals surface area contributed by atoms with Gasteiger partial charge in [0.25, 0.3) is 0 Å². The summed E-state index contributed by atoms with van der Waals surface area (Å²) in [6.07, 6.45) is 3.17. The van der Waals surface area contributed by atoms with Gasteiger partial charge in [0.05, 0.1) is 13.0 Å². The number of amides is 1. The van der Waals surface area contributed by atoms with E-state index < -0.39 is 0 Å². The van der Waals surface area contributed by atoms with Crippen molar-refractivity contribution in [2.45, 2.75) is 38.8 Å². The predicted molar refractivity (Wildman–Crippen MR) is 123 cm³/mol. The van der Waals surface area contributed by atoms with E-state index in [1.165, 1.54) is 18.2 Å². The van der Waals surface area contributed by atoms with Crippen molar-refractivity contribution >= 4 is 41.8 Å². The highest BCUT2D eigenvalue weighted by Gasteiger charge is 2.27. The minimum Gasteiger partial charge on any atom is -0.469 e. The molecule has 0 radical (unpaired) electrons. The number of rotatable bonds is 5. The molecule has 0 unspecified atom stereocenters. The molecule has 1 amide bonds. The lowest BCUT2D eigenvalue weighted by Crippen LogP contribution is -2.46. The van der Waals surface area contributed by atoms with E-state index >= 15 is 0 Å². The second-order valence-electron chi connectivity index (χ2n) is 7.37. The van der Waals surface area contributed by atoms with Crippen LogP contribution in [0.3, 0.4) is 0 Å². The second kappa shape index (κ2) is 11.4. The number of ether oxygens (including phenoxy) is 1. The molecule has 1 aromatic carbocycles. The van der Waals surface area contributed by atoms with Gasteiger partial charge in [0.1, 0.15) is 0 Å². The van der Waals surface area contributed by atoms with Crippen LogP contribution in [-0.4, -0.2) is 61.4 Å². The highest BCUT2D eigenvalue weighted by Crippen LogP contribution is 2.19. The fraction of sp³-hybridized carbons (Fsp3) is 0.571. The Morgan fingerprint density at radius 3 is 2.48 bits per heavy atom. The molecule has 0 spiro atoms. The molecule has 7 nitrogen and oxygen atoms in total. The number of hydrogen-bond donors (Lipinski definition) is 1. The molecule has 0 saturated carbocycles. The molecule has 160 valence electrons. The molecular weight excluding hydrogens is 483 g/mol. The Bertz CT molecular complexity index is 732. The quantitative estimate of drug-likeness (QED) is 0.283. The summed E-state index contributed by atoms with van der Waals surface area (Å²) in [6.45, 7) is 3.73. The summed E-state index contributed by atoms with van der Waals surface area (Å²) in [5.41, 5.74) is 2.35. The molecule has 8 heteroatoms. The van der Waals surface area contributed by atoms with Gasteiger partial charge in [-0.15, -0.1) is 24.0 Å². The minimum atomic E-state index is -0.118. The first kappa shape index (κ1) is 23.4. The third kappa shape index (κ3) is 6.07. The van der Waals surface area contributed by atoms with Crippen molar-refractivity contribution in [1.29, 1.82) is 0 Å². The van der Waals surface area contributed by atoms with Crippen LogP contribution in [0.25, 0.3) is 0 Å². The van der Waals surface area contributed by atoms with Gasteiger partial charge in [-0.05, 0) is 30.4 Å². The first-order chi connectivity index (χ1) is 13.6. The van der Waals surface area contributed by atoms with Crippen molar-refractivity contribution in [3.63, 3.8) is 0 Å². The summed E-state index contributed by atoms with van der Waals surface area (Å²) >= 11 is 0. The summed E-state index contributed by atoms with van der Waals surface area (Å²) in [5, 5.41) is 3.45. The number of piperidine rings is 1. The van der Waals surface area contributed by atoms with Gasteiger partial charge in [-0.3, -0.25) is 14.6 Å².